The van der Waals surface area contributed by atoms with Crippen molar-refractivity contribution in [2.45, 2.75) is 40.3 Å². The highest BCUT2D eigenvalue weighted by Gasteiger charge is 2.37. The molecular weight excluding hydrogens is 508 g/mol. The number of anilines is 2. The van der Waals surface area contributed by atoms with E-state index in [-0.39, 0.29) is 35.0 Å². The number of aryl methyl sites for hydroxylation is 1. The number of nitrogen functional groups attached to an aromatic ring is 1. The van der Waals surface area contributed by atoms with Gasteiger partial charge in [0.2, 0.25) is 5.95 Å². The van der Waals surface area contributed by atoms with Crippen molar-refractivity contribution >= 4 is 46.8 Å². The van der Waals surface area contributed by atoms with Crippen molar-refractivity contribution in [1.82, 2.24) is 30.6 Å². The van der Waals surface area contributed by atoms with Crippen molar-refractivity contribution < 1.29 is 14.3 Å². The molecule has 0 saturated heterocycles. The number of nitrogens with zero attached hydrogens (tertiary/aromatic N) is 4. The maximum absolute atomic E-state index is 13.7. The molecule has 0 radical (unpaired) electrons. The van der Waals surface area contributed by atoms with Crippen LogP contribution >= 0.6 is 11.6 Å². The number of ether oxygens (including phenoxy) is 1. The highest BCUT2D eigenvalue weighted by molar-refractivity contribution is 6.41. The minimum atomic E-state index is -0.345. The second kappa shape index (κ2) is 11.2. The second-order valence-electron chi connectivity index (χ2n) is 9.26. The molecule has 11 nitrogen and oxygen atoms in total. The van der Waals surface area contributed by atoms with Gasteiger partial charge in [0.1, 0.15) is 16.6 Å². The number of nitrogens with one attached hydrogen (secondary N) is 3. The molecule has 2 amide bonds. The van der Waals surface area contributed by atoms with E-state index in [1.807, 2.05) is 27.7 Å². The first-order valence-electron chi connectivity index (χ1n) is 12.2. The molecule has 0 saturated carbocycles. The average molecular weight is 539 g/mol. The second-order valence-corrected chi connectivity index (χ2v) is 9.62. The molecule has 1 aliphatic rings. The Morgan fingerprint density at radius 3 is 2.74 bits per heavy atom. The van der Waals surface area contributed by atoms with Crippen LogP contribution < -0.4 is 26.0 Å². The number of aromatic nitrogens is 4. The third kappa shape index (κ3) is 5.48. The molecular formula is C26H31ClN8O3. The lowest BCUT2D eigenvalue weighted by Crippen LogP contribution is -2.34. The van der Waals surface area contributed by atoms with E-state index in [1.165, 1.54) is 4.90 Å². The van der Waals surface area contributed by atoms with Gasteiger partial charge in [-0.2, -0.15) is 4.98 Å². The van der Waals surface area contributed by atoms with Gasteiger partial charge in [-0.1, -0.05) is 25.4 Å². The number of halogens is 1. The van der Waals surface area contributed by atoms with E-state index < -0.39 is 0 Å². The van der Waals surface area contributed by atoms with Crippen molar-refractivity contribution in [3.8, 4) is 5.75 Å². The molecule has 5 N–H and O–H groups in total. The lowest BCUT2D eigenvalue weighted by molar-refractivity contribution is -0.113. The van der Waals surface area contributed by atoms with Gasteiger partial charge in [0.05, 0.1) is 30.5 Å². The summed E-state index contributed by atoms with van der Waals surface area (Å²) in [5.74, 6) is 0.355. The summed E-state index contributed by atoms with van der Waals surface area (Å²) >= 11 is 6.45. The number of pyridine rings is 1. The maximum atomic E-state index is 13.7. The fourth-order valence-corrected chi connectivity index (χ4v) is 4.56. The molecule has 4 rings (SSSR count). The van der Waals surface area contributed by atoms with Crippen LogP contribution in [0.1, 0.15) is 52.4 Å². The Morgan fingerprint density at radius 1 is 1.26 bits per heavy atom. The number of fused-ring (bicyclic) bond motifs is 1. The van der Waals surface area contributed by atoms with Gasteiger partial charge in [-0.15, -0.1) is 0 Å². The topological polar surface area (TPSA) is 151 Å². The molecule has 0 unspecified atom stereocenters. The summed E-state index contributed by atoms with van der Waals surface area (Å²) in [6, 6.07) is 3.70. The van der Waals surface area contributed by atoms with Crippen molar-refractivity contribution in [3.05, 3.63) is 57.3 Å². The number of hydrogen-bond acceptors (Lipinski definition) is 8. The van der Waals surface area contributed by atoms with Crippen LogP contribution in [0.5, 0.6) is 5.75 Å². The first kappa shape index (κ1) is 27.1. The molecule has 0 spiro atoms. The smallest absolute Gasteiger partial charge is 0.267 e. The number of rotatable bonds is 9. The van der Waals surface area contributed by atoms with Gasteiger partial charge >= 0.3 is 0 Å². The van der Waals surface area contributed by atoms with Crippen molar-refractivity contribution in [2.24, 2.45) is 0 Å². The SMILES string of the molecule is COc1c(C)cnc(CN2C(=O)/C(=C\c3ccc(C(=O)NCCNC(C)C)[nH]3)c3c(Cl)nc(N)nc32)c1C. The van der Waals surface area contributed by atoms with E-state index in [2.05, 4.69) is 30.6 Å². The van der Waals surface area contributed by atoms with Crippen LogP contribution in [0.3, 0.4) is 0 Å². The first-order chi connectivity index (χ1) is 18.1. The molecule has 12 heteroatoms. The minimum Gasteiger partial charge on any atom is -0.496 e. The quantitative estimate of drug-likeness (QED) is 0.184. The van der Waals surface area contributed by atoms with E-state index in [0.717, 1.165) is 11.1 Å². The third-order valence-electron chi connectivity index (χ3n) is 6.14. The molecule has 38 heavy (non-hydrogen) atoms. The highest BCUT2D eigenvalue weighted by atomic mass is 35.5. The van der Waals surface area contributed by atoms with Crippen molar-refractivity contribution in [1.29, 1.82) is 0 Å². The first-order valence-corrected chi connectivity index (χ1v) is 12.5. The third-order valence-corrected chi connectivity index (χ3v) is 6.41. The largest absolute Gasteiger partial charge is 0.496 e. The average Bonchev–Trinajstić information content (AvgIpc) is 3.42. The van der Waals surface area contributed by atoms with Crippen LogP contribution in [0.25, 0.3) is 11.6 Å². The van der Waals surface area contributed by atoms with Gasteiger partial charge in [0.25, 0.3) is 11.8 Å². The molecule has 0 aliphatic carbocycles. The number of H-pyrrole nitrogens is 1. The molecule has 0 fully saturated rings. The van der Waals surface area contributed by atoms with Crippen LogP contribution in [-0.2, 0) is 11.3 Å². The summed E-state index contributed by atoms with van der Waals surface area (Å²) in [6.45, 7) is 9.14. The van der Waals surface area contributed by atoms with E-state index in [0.29, 0.717) is 53.3 Å². The lowest BCUT2D eigenvalue weighted by Gasteiger charge is -2.19. The molecule has 200 valence electrons. The van der Waals surface area contributed by atoms with E-state index in [9.17, 15) is 9.59 Å². The Balaban J connectivity index is 1.63. The zero-order chi connectivity index (χ0) is 27.6. The Bertz CT molecular complexity index is 1420. The standard InChI is InChI=1S/C26H31ClN8O3/c1-13(2)29-8-9-30-24(36)18-7-6-16(32-18)10-17-20-22(27)33-26(28)34-23(20)35(25(17)37)12-19-15(4)21(38-5)14(3)11-31-19/h6-7,10-11,13,29,32H,8-9,12H2,1-5H3,(H,30,36)(H2,28,33,34)/b17-10-. The molecule has 0 atom stereocenters. The Morgan fingerprint density at radius 2 is 2.03 bits per heavy atom. The number of carbonyl (C=O) groups is 2. The highest BCUT2D eigenvalue weighted by Crippen LogP contribution is 2.41. The normalized spacial score (nSPS) is 13.9. The summed E-state index contributed by atoms with van der Waals surface area (Å²) in [5.41, 5.74) is 9.78. The Kier molecular flexibility index (Phi) is 7.98. The van der Waals surface area contributed by atoms with Crippen LogP contribution in [0.2, 0.25) is 5.15 Å². The summed E-state index contributed by atoms with van der Waals surface area (Å²) < 4.78 is 5.52. The van der Waals surface area contributed by atoms with Crippen LogP contribution in [0.4, 0.5) is 11.8 Å². The van der Waals surface area contributed by atoms with E-state index >= 15 is 0 Å². The predicted molar refractivity (Wildman–Crippen MR) is 147 cm³/mol. The number of carbonyl (C=O) groups excluding carboxylic acids is 2. The lowest BCUT2D eigenvalue weighted by atomic mass is 10.1. The summed E-state index contributed by atoms with van der Waals surface area (Å²) in [6.07, 6.45) is 3.32. The van der Waals surface area contributed by atoms with E-state index in [4.69, 9.17) is 22.1 Å². The predicted octanol–water partition coefficient (Wildman–Crippen LogP) is 2.88. The van der Waals surface area contributed by atoms with Crippen LogP contribution in [0.15, 0.2) is 18.3 Å². The zero-order valence-electron chi connectivity index (χ0n) is 22.0. The van der Waals surface area contributed by atoms with Gasteiger partial charge < -0.3 is 26.1 Å². The van der Waals surface area contributed by atoms with Crippen molar-refractivity contribution in [2.75, 3.05) is 30.8 Å². The summed E-state index contributed by atoms with van der Waals surface area (Å²) in [4.78, 5) is 43.6. The number of nitrogens with two attached hydrogens (primary N) is 1. The van der Waals surface area contributed by atoms with Crippen LogP contribution in [-0.4, -0.2) is 58.0 Å². The summed E-state index contributed by atoms with van der Waals surface area (Å²) in [7, 11) is 1.59. The Labute approximate surface area is 225 Å². The van der Waals surface area contributed by atoms with Crippen LogP contribution in [0, 0.1) is 13.8 Å². The molecule has 3 aromatic heterocycles. The number of hydrogen-bond donors (Lipinski definition) is 4. The molecule has 1 aliphatic heterocycles. The number of methoxy groups -OCH3 is 1. The fourth-order valence-electron chi connectivity index (χ4n) is 4.29. The molecule has 3 aromatic rings. The number of aromatic amines is 1. The van der Waals surface area contributed by atoms with E-state index in [1.54, 1.807) is 31.5 Å². The monoisotopic (exact) mass is 538 g/mol. The van der Waals surface area contributed by atoms with Gasteiger partial charge in [0, 0.05) is 42.1 Å². The molecule has 0 aromatic carbocycles. The molecule has 4 heterocycles. The van der Waals surface area contributed by atoms with Gasteiger partial charge in [-0.3, -0.25) is 19.5 Å². The number of amides is 2. The summed E-state index contributed by atoms with van der Waals surface area (Å²) in [5, 5.41) is 6.15. The van der Waals surface area contributed by atoms with Crippen molar-refractivity contribution in [3.63, 3.8) is 0 Å². The molecule has 0 bridgehead atoms. The minimum absolute atomic E-state index is 0.0512. The maximum Gasteiger partial charge on any atom is 0.267 e. The fraction of sp³-hybridized carbons (Fsp3) is 0.346. The zero-order valence-corrected chi connectivity index (χ0v) is 22.7. The van der Waals surface area contributed by atoms with Gasteiger partial charge in [-0.05, 0) is 32.1 Å². The van der Waals surface area contributed by atoms with Gasteiger partial charge in [0.15, 0.2) is 5.82 Å². The van der Waals surface area contributed by atoms with Gasteiger partial charge in [-0.25, -0.2) is 4.98 Å². The Hall–Kier alpha value is -3.96.